The molecule has 0 saturated heterocycles. The summed E-state index contributed by atoms with van der Waals surface area (Å²) in [5.74, 6) is 0.233. The van der Waals surface area contributed by atoms with E-state index in [2.05, 4.69) is 19.9 Å². The second kappa shape index (κ2) is 3.49. The lowest BCUT2D eigenvalue weighted by Gasteiger charge is -1.98. The molecule has 1 aromatic heterocycles. The van der Waals surface area contributed by atoms with Crippen molar-refractivity contribution in [3.05, 3.63) is 29.5 Å². The number of nitrogens with zero attached hydrogens (tertiary/aromatic N) is 4. The van der Waals surface area contributed by atoms with Crippen molar-refractivity contribution in [1.82, 2.24) is 19.9 Å². The highest BCUT2D eigenvalue weighted by Crippen LogP contribution is 2.25. The number of anilines is 1. The second-order valence-electron chi connectivity index (χ2n) is 3.72. The Balaban J connectivity index is 2.55. The van der Waals surface area contributed by atoms with Crippen molar-refractivity contribution in [3.63, 3.8) is 0 Å². The maximum absolute atomic E-state index is 8.88. The van der Waals surface area contributed by atoms with Gasteiger partial charge in [-0.3, -0.25) is 5.41 Å². The number of nitrogens with two attached hydrogens (primary N) is 1. The van der Waals surface area contributed by atoms with Crippen LogP contribution in [0.2, 0.25) is 0 Å². The zero-order chi connectivity index (χ0) is 12.7. The molecular formula is C11H7N7. The molecule has 0 unspecified atom stereocenters. The lowest BCUT2D eigenvalue weighted by molar-refractivity contribution is 1.12. The molecule has 0 amide bonds. The summed E-state index contributed by atoms with van der Waals surface area (Å²) < 4.78 is 0. The number of hydrogen-bond donors (Lipinski definition) is 3. The van der Waals surface area contributed by atoms with Gasteiger partial charge in [-0.25, -0.2) is 15.0 Å². The normalized spacial score (nSPS) is 10.6. The van der Waals surface area contributed by atoms with Crippen molar-refractivity contribution in [2.45, 2.75) is 0 Å². The summed E-state index contributed by atoms with van der Waals surface area (Å²) in [6.07, 6.45) is 1.44. The lowest BCUT2D eigenvalue weighted by Crippen LogP contribution is -2.08. The topological polar surface area (TPSA) is 128 Å². The summed E-state index contributed by atoms with van der Waals surface area (Å²) in [7, 11) is 0. The summed E-state index contributed by atoms with van der Waals surface area (Å²) in [4.78, 5) is 15.0. The van der Waals surface area contributed by atoms with Gasteiger partial charge in [-0.2, -0.15) is 5.26 Å². The van der Waals surface area contributed by atoms with Gasteiger partial charge >= 0.3 is 0 Å². The zero-order valence-electron chi connectivity index (χ0n) is 9.10. The largest absolute Gasteiger partial charge is 0.383 e. The smallest absolute Gasteiger partial charge is 0.199 e. The molecule has 0 atom stereocenters. The minimum Gasteiger partial charge on any atom is -0.383 e. The summed E-state index contributed by atoms with van der Waals surface area (Å²) in [6.45, 7) is 0. The third-order valence-electron chi connectivity index (χ3n) is 2.60. The zero-order valence-corrected chi connectivity index (χ0v) is 9.10. The molecule has 0 aromatic carbocycles. The van der Waals surface area contributed by atoms with Gasteiger partial charge in [0.05, 0.1) is 18.0 Å². The molecule has 0 bridgehead atoms. The van der Waals surface area contributed by atoms with Crippen molar-refractivity contribution in [2.75, 3.05) is 5.73 Å². The maximum Gasteiger partial charge on any atom is 0.199 e. The highest BCUT2D eigenvalue weighted by molar-refractivity contribution is 5.79. The van der Waals surface area contributed by atoms with E-state index in [9.17, 15) is 0 Å². The lowest BCUT2D eigenvalue weighted by atomic mass is 10.2. The molecule has 0 saturated carbocycles. The molecule has 3 rings (SSSR count). The molecule has 0 spiro atoms. The molecule has 2 aliphatic rings. The molecule has 1 aliphatic heterocycles. The van der Waals surface area contributed by atoms with E-state index >= 15 is 0 Å². The van der Waals surface area contributed by atoms with E-state index in [1.165, 1.54) is 6.33 Å². The molecular weight excluding hydrogens is 230 g/mol. The summed E-state index contributed by atoms with van der Waals surface area (Å²) in [5, 5.41) is 16.8. The minimum absolute atomic E-state index is 0.0118. The van der Waals surface area contributed by atoms with E-state index in [4.69, 9.17) is 16.4 Å². The fourth-order valence-electron chi connectivity index (χ4n) is 1.77. The van der Waals surface area contributed by atoms with Gasteiger partial charge in [0.25, 0.3) is 0 Å². The van der Waals surface area contributed by atoms with E-state index in [1.54, 1.807) is 12.1 Å². The highest BCUT2D eigenvalue weighted by atomic mass is 15.0. The fraction of sp³-hybridized carbons (Fsp3) is 0. The van der Waals surface area contributed by atoms with E-state index < -0.39 is 0 Å². The molecule has 86 valence electrons. The molecule has 7 nitrogen and oxygen atoms in total. The average Bonchev–Trinajstić information content (AvgIpc) is 2.94. The van der Waals surface area contributed by atoms with Crippen LogP contribution in [0, 0.1) is 16.7 Å². The average molecular weight is 237 g/mol. The summed E-state index contributed by atoms with van der Waals surface area (Å²) >= 11 is 0. The van der Waals surface area contributed by atoms with Crippen LogP contribution in [0.1, 0.15) is 5.56 Å². The Morgan fingerprint density at radius 2 is 2.06 bits per heavy atom. The van der Waals surface area contributed by atoms with Crippen LogP contribution >= 0.6 is 0 Å². The quantitative estimate of drug-likeness (QED) is 0.521. The van der Waals surface area contributed by atoms with Gasteiger partial charge in [0.15, 0.2) is 16.8 Å². The van der Waals surface area contributed by atoms with E-state index in [0.717, 1.165) is 0 Å². The van der Waals surface area contributed by atoms with E-state index in [1.807, 2.05) is 6.07 Å². The van der Waals surface area contributed by atoms with Gasteiger partial charge in [-0.15, -0.1) is 0 Å². The maximum atomic E-state index is 8.88. The van der Waals surface area contributed by atoms with E-state index in [-0.39, 0.29) is 11.3 Å². The number of imidazole rings is 1. The second-order valence-corrected chi connectivity index (χ2v) is 3.72. The van der Waals surface area contributed by atoms with Crippen LogP contribution in [0.4, 0.5) is 5.82 Å². The minimum atomic E-state index is 0.0118. The van der Waals surface area contributed by atoms with Crippen LogP contribution in [0.15, 0.2) is 18.5 Å². The van der Waals surface area contributed by atoms with Crippen molar-refractivity contribution in [2.24, 2.45) is 0 Å². The number of rotatable bonds is 0. The van der Waals surface area contributed by atoms with Crippen LogP contribution < -0.4 is 11.2 Å². The van der Waals surface area contributed by atoms with Gasteiger partial charge in [-0.1, -0.05) is 0 Å². The Morgan fingerprint density at radius 3 is 2.83 bits per heavy atom. The van der Waals surface area contributed by atoms with Crippen LogP contribution in [-0.2, 0) is 0 Å². The van der Waals surface area contributed by atoms with Crippen LogP contribution in [0.5, 0.6) is 0 Å². The number of nitrogen functional groups attached to an aromatic ring is 1. The van der Waals surface area contributed by atoms with Crippen LogP contribution in [0.3, 0.4) is 0 Å². The Morgan fingerprint density at radius 1 is 1.28 bits per heavy atom. The summed E-state index contributed by atoms with van der Waals surface area (Å²) in [6, 6.07) is 5.18. The molecule has 2 heterocycles. The van der Waals surface area contributed by atoms with Gasteiger partial charge in [0.1, 0.15) is 5.82 Å². The molecule has 4 N–H and O–H groups in total. The van der Waals surface area contributed by atoms with E-state index in [0.29, 0.717) is 28.0 Å². The number of H-pyrrole nitrogens is 1. The Kier molecular flexibility index (Phi) is 1.97. The highest BCUT2D eigenvalue weighted by Gasteiger charge is 2.13. The first-order valence-corrected chi connectivity index (χ1v) is 5.08. The first-order chi connectivity index (χ1) is 8.69. The van der Waals surface area contributed by atoms with Gasteiger partial charge in [0.2, 0.25) is 0 Å². The SMILES string of the molecule is N#Cc1cc2c(N)nc3[nH]cnc3nc(=N)c-2c1. The number of hydrogen-bond acceptors (Lipinski definition) is 6. The number of aromatic amines is 1. The number of fused-ring (bicyclic) bond motifs is 2. The van der Waals surface area contributed by atoms with Crippen molar-refractivity contribution in [1.29, 1.82) is 10.7 Å². The molecule has 18 heavy (non-hydrogen) atoms. The van der Waals surface area contributed by atoms with Gasteiger partial charge < -0.3 is 10.7 Å². The Bertz CT molecular complexity index is 827. The molecule has 1 aromatic rings. The number of nitriles is 1. The predicted octanol–water partition coefficient (Wildman–Crippen LogP) is 0.391. The Labute approximate surface area is 101 Å². The van der Waals surface area contributed by atoms with Crippen LogP contribution in [0.25, 0.3) is 22.4 Å². The van der Waals surface area contributed by atoms with Crippen molar-refractivity contribution >= 4 is 17.1 Å². The fourth-order valence-corrected chi connectivity index (χ4v) is 1.77. The first kappa shape index (κ1) is 10.2. The summed E-state index contributed by atoms with van der Waals surface area (Å²) in [5.41, 5.74) is 8.06. The van der Waals surface area contributed by atoms with Crippen LogP contribution in [-0.4, -0.2) is 19.9 Å². The third kappa shape index (κ3) is 1.36. The van der Waals surface area contributed by atoms with Gasteiger partial charge in [-0.05, 0) is 12.1 Å². The molecule has 7 heteroatoms. The molecule has 1 aliphatic carbocycles. The molecule has 0 radical (unpaired) electrons. The number of nitrogens with one attached hydrogen (secondary N) is 2. The van der Waals surface area contributed by atoms with Gasteiger partial charge in [0, 0.05) is 11.1 Å². The Hall–Kier alpha value is -3.01. The van der Waals surface area contributed by atoms with Crippen molar-refractivity contribution in [3.8, 4) is 17.2 Å². The predicted molar refractivity (Wildman–Crippen MR) is 63.3 cm³/mol. The first-order valence-electron chi connectivity index (χ1n) is 5.08. The number of aromatic nitrogens is 4. The van der Waals surface area contributed by atoms with Crippen molar-refractivity contribution < 1.29 is 0 Å². The standard InChI is InChI=1S/C11H7N7/c12-3-5-1-6-7(2-5)9(14)18-11-10(15-4-16-11)17-8(6)13/h1-2,4H,(H4,13,14,15,16,17,18). The molecule has 0 fully saturated rings. The third-order valence-corrected chi connectivity index (χ3v) is 2.60. The monoisotopic (exact) mass is 237 g/mol.